The average molecular weight is 433 g/mol. The van der Waals surface area contributed by atoms with Crippen LogP contribution in [0.15, 0.2) is 18.2 Å². The monoisotopic (exact) mass is 432 g/mol. The summed E-state index contributed by atoms with van der Waals surface area (Å²) in [6.45, 7) is 4.16. The lowest BCUT2D eigenvalue weighted by atomic mass is 9.98. The minimum absolute atomic E-state index is 0.00487. The van der Waals surface area contributed by atoms with Gasteiger partial charge in [-0.15, -0.1) is 0 Å². The first-order chi connectivity index (χ1) is 14.2. The van der Waals surface area contributed by atoms with Crippen LogP contribution < -0.4 is 4.72 Å². The maximum Gasteiger partial charge on any atom is 0.225 e. The molecule has 1 amide bonds. The van der Waals surface area contributed by atoms with Gasteiger partial charge < -0.3 is 4.90 Å². The van der Waals surface area contributed by atoms with E-state index in [1.807, 2.05) is 0 Å². The zero-order chi connectivity index (χ0) is 21.5. The van der Waals surface area contributed by atoms with Crippen LogP contribution >= 0.6 is 0 Å². The molecule has 2 atom stereocenters. The fraction of sp³-hybridized carbons (Fsp3) is 0.609. The summed E-state index contributed by atoms with van der Waals surface area (Å²) in [5.74, 6) is 5.86. The number of rotatable bonds is 6. The molecule has 1 aromatic rings. The van der Waals surface area contributed by atoms with E-state index < -0.39 is 22.1 Å². The molecule has 2 unspecified atom stereocenters. The number of carbonyl (C=O) groups is 1. The third kappa shape index (κ3) is 4.70. The minimum Gasteiger partial charge on any atom is -0.337 e. The van der Waals surface area contributed by atoms with Crippen molar-refractivity contribution in [2.75, 3.05) is 12.3 Å². The van der Waals surface area contributed by atoms with Gasteiger partial charge in [0.15, 0.2) is 0 Å². The summed E-state index contributed by atoms with van der Waals surface area (Å²) >= 11 is 0. The van der Waals surface area contributed by atoms with E-state index in [0.717, 1.165) is 25.7 Å². The molecule has 1 aromatic carbocycles. The maximum absolute atomic E-state index is 15.2. The molecule has 0 spiro atoms. The van der Waals surface area contributed by atoms with Crippen molar-refractivity contribution in [2.24, 2.45) is 11.3 Å². The van der Waals surface area contributed by atoms with Gasteiger partial charge in [0.25, 0.3) is 0 Å². The Labute approximate surface area is 178 Å². The molecule has 2 aliphatic carbocycles. The van der Waals surface area contributed by atoms with Gasteiger partial charge in [0.2, 0.25) is 15.9 Å². The molecular formula is C23H29FN2O3S. The fourth-order valence-corrected chi connectivity index (χ4v) is 4.89. The number of likely N-dealkylation sites (tertiary alicyclic amines) is 1. The molecule has 1 N–H and O–H groups in total. The van der Waals surface area contributed by atoms with Crippen LogP contribution in [0.1, 0.15) is 57.1 Å². The predicted octanol–water partition coefficient (Wildman–Crippen LogP) is 2.84. The van der Waals surface area contributed by atoms with E-state index in [4.69, 9.17) is 0 Å². The van der Waals surface area contributed by atoms with E-state index in [1.54, 1.807) is 30.0 Å². The molecule has 2 saturated carbocycles. The number of hydrogen-bond donors (Lipinski definition) is 1. The van der Waals surface area contributed by atoms with Gasteiger partial charge in [-0.3, -0.25) is 4.79 Å². The summed E-state index contributed by atoms with van der Waals surface area (Å²) < 4.78 is 42.3. The Morgan fingerprint density at radius 1 is 1.30 bits per heavy atom. The van der Waals surface area contributed by atoms with Crippen LogP contribution in [0.5, 0.6) is 0 Å². The molecule has 0 bridgehead atoms. The van der Waals surface area contributed by atoms with Crippen LogP contribution in [0.3, 0.4) is 0 Å². The van der Waals surface area contributed by atoms with E-state index in [1.165, 1.54) is 0 Å². The largest absolute Gasteiger partial charge is 0.337 e. The number of nitrogens with one attached hydrogen (secondary N) is 1. The first-order valence-corrected chi connectivity index (χ1v) is 12.5. The third-order valence-corrected chi connectivity index (χ3v) is 7.90. The smallest absolute Gasteiger partial charge is 0.225 e. The number of hydrogen-bond acceptors (Lipinski definition) is 3. The van der Waals surface area contributed by atoms with Gasteiger partial charge in [0.1, 0.15) is 5.82 Å². The molecule has 4 rings (SSSR count). The van der Waals surface area contributed by atoms with Gasteiger partial charge in [-0.25, -0.2) is 17.5 Å². The molecule has 7 heteroatoms. The number of sulfonamides is 1. The lowest BCUT2D eigenvalue weighted by molar-refractivity contribution is -0.133. The highest BCUT2D eigenvalue weighted by Gasteiger charge is 2.43. The Morgan fingerprint density at radius 2 is 2.03 bits per heavy atom. The van der Waals surface area contributed by atoms with Gasteiger partial charge in [-0.05, 0) is 64.0 Å². The first-order valence-electron chi connectivity index (χ1n) is 10.8. The number of halogens is 1. The summed E-state index contributed by atoms with van der Waals surface area (Å²) in [7, 11) is -3.42. The fourth-order valence-electron chi connectivity index (χ4n) is 3.99. The van der Waals surface area contributed by atoms with Crippen LogP contribution in [0.4, 0.5) is 4.39 Å². The van der Waals surface area contributed by atoms with Crippen molar-refractivity contribution in [3.63, 3.8) is 0 Å². The molecule has 1 saturated heterocycles. The summed E-state index contributed by atoms with van der Waals surface area (Å²) in [4.78, 5) is 14.6. The Morgan fingerprint density at radius 3 is 2.67 bits per heavy atom. The van der Waals surface area contributed by atoms with Crippen molar-refractivity contribution < 1.29 is 17.6 Å². The van der Waals surface area contributed by atoms with E-state index in [-0.39, 0.29) is 35.2 Å². The number of amides is 1. The lowest BCUT2D eigenvalue weighted by Gasteiger charge is -2.29. The maximum atomic E-state index is 15.2. The number of nitrogens with zero attached hydrogens (tertiary/aromatic N) is 1. The lowest BCUT2D eigenvalue weighted by Crippen LogP contribution is -2.48. The SMILES string of the molecule is CCS(=O)(=O)NC1CCN(C(=O)C2CC2)C1Cc1cccc(C#CC2(C)CC2)c1F. The van der Waals surface area contributed by atoms with E-state index >= 15 is 4.39 Å². The molecule has 0 radical (unpaired) electrons. The zero-order valence-corrected chi connectivity index (χ0v) is 18.4. The highest BCUT2D eigenvalue weighted by Crippen LogP contribution is 2.44. The Kier molecular flexibility index (Phi) is 5.67. The van der Waals surface area contributed by atoms with Gasteiger partial charge in [0, 0.05) is 23.9 Å². The average Bonchev–Trinajstić information content (AvgIpc) is 3.63. The molecule has 0 aromatic heterocycles. The topological polar surface area (TPSA) is 66.5 Å². The van der Waals surface area contributed by atoms with Crippen LogP contribution in [0.2, 0.25) is 0 Å². The number of benzene rings is 1. The van der Waals surface area contributed by atoms with E-state index in [2.05, 4.69) is 23.5 Å². The summed E-state index contributed by atoms with van der Waals surface area (Å²) in [5.41, 5.74) is 0.846. The second kappa shape index (κ2) is 7.97. The standard InChI is InChI=1S/C23H29FN2O3S/c1-3-30(28,29)25-19-10-14-26(22(27)17-7-8-17)20(19)15-18-6-4-5-16(21(18)24)9-11-23(2)12-13-23/h4-6,17,19-20,25H,3,7-8,10,12-15H2,1-2H3. The van der Waals surface area contributed by atoms with Crippen LogP contribution in [-0.4, -0.2) is 43.6 Å². The molecular weight excluding hydrogens is 403 g/mol. The van der Waals surface area contributed by atoms with Crippen molar-refractivity contribution in [3.05, 3.63) is 35.1 Å². The molecule has 3 fully saturated rings. The highest BCUT2D eigenvalue weighted by atomic mass is 32.2. The summed E-state index contributed by atoms with van der Waals surface area (Å²) in [5, 5.41) is 0. The van der Waals surface area contributed by atoms with Crippen molar-refractivity contribution in [1.29, 1.82) is 0 Å². The first kappa shape index (κ1) is 21.3. The third-order valence-electron chi connectivity index (χ3n) is 6.47. The Hall–Kier alpha value is -1.91. The molecule has 5 nitrogen and oxygen atoms in total. The second-order valence-electron chi connectivity index (χ2n) is 9.08. The van der Waals surface area contributed by atoms with Crippen molar-refractivity contribution in [2.45, 2.75) is 64.5 Å². The zero-order valence-electron chi connectivity index (χ0n) is 17.6. The van der Waals surface area contributed by atoms with Crippen molar-refractivity contribution >= 4 is 15.9 Å². The molecule has 1 heterocycles. The van der Waals surface area contributed by atoms with Gasteiger partial charge >= 0.3 is 0 Å². The molecule has 30 heavy (non-hydrogen) atoms. The van der Waals surface area contributed by atoms with Gasteiger partial charge in [0.05, 0.1) is 17.4 Å². The minimum atomic E-state index is -3.42. The van der Waals surface area contributed by atoms with Crippen LogP contribution in [-0.2, 0) is 21.2 Å². The second-order valence-corrected chi connectivity index (χ2v) is 11.1. The highest BCUT2D eigenvalue weighted by molar-refractivity contribution is 7.89. The number of carbonyl (C=O) groups excluding carboxylic acids is 1. The van der Waals surface area contributed by atoms with Crippen molar-refractivity contribution in [3.8, 4) is 11.8 Å². The van der Waals surface area contributed by atoms with Crippen LogP contribution in [0, 0.1) is 29.0 Å². The molecule has 1 aliphatic heterocycles. The molecule has 162 valence electrons. The Bertz CT molecular complexity index is 1000. The van der Waals surface area contributed by atoms with Crippen molar-refractivity contribution in [1.82, 2.24) is 9.62 Å². The summed E-state index contributed by atoms with van der Waals surface area (Å²) in [6.07, 6.45) is 4.66. The Balaban J connectivity index is 1.59. The molecule has 3 aliphatic rings. The van der Waals surface area contributed by atoms with Crippen LogP contribution in [0.25, 0.3) is 0 Å². The summed E-state index contributed by atoms with van der Waals surface area (Å²) in [6, 6.07) is 4.37. The van der Waals surface area contributed by atoms with E-state index in [0.29, 0.717) is 24.1 Å². The van der Waals surface area contributed by atoms with E-state index in [9.17, 15) is 13.2 Å². The van der Waals surface area contributed by atoms with Gasteiger partial charge in [-0.1, -0.05) is 24.0 Å². The normalized spacial score (nSPS) is 25.0. The quantitative estimate of drug-likeness (QED) is 0.703. The van der Waals surface area contributed by atoms with Gasteiger partial charge in [-0.2, -0.15) is 0 Å². The predicted molar refractivity (Wildman–Crippen MR) is 114 cm³/mol.